The summed E-state index contributed by atoms with van der Waals surface area (Å²) in [7, 11) is 0. The zero-order chi connectivity index (χ0) is 15.1. The predicted molar refractivity (Wildman–Crippen MR) is 82.3 cm³/mol. The van der Waals surface area contributed by atoms with Crippen LogP contribution in [-0.4, -0.2) is 17.4 Å². The van der Waals surface area contributed by atoms with Gasteiger partial charge in [-0.25, -0.2) is 4.98 Å². The summed E-state index contributed by atoms with van der Waals surface area (Å²) in [5.41, 5.74) is 1.52. The number of amides is 1. The zero-order valence-corrected chi connectivity index (χ0v) is 12.5. The molecule has 0 bridgehead atoms. The van der Waals surface area contributed by atoms with E-state index in [0.717, 1.165) is 36.7 Å². The maximum atomic E-state index is 12.2. The molecule has 2 aromatic rings. The fourth-order valence-electron chi connectivity index (χ4n) is 1.93. The maximum Gasteiger partial charge on any atom is 0.251 e. The standard InChI is InChI=1S/C16H21N3O2/c1-3-7-17-15-10-12(9-13(4-2)19-15)16(20)18-11-14-6-5-8-21-14/h5-6,8-10H,3-4,7,11H2,1-2H3,(H,17,19)(H,18,20). The Labute approximate surface area is 124 Å². The molecule has 112 valence electrons. The molecule has 0 unspecified atom stereocenters. The molecule has 2 heterocycles. The van der Waals surface area contributed by atoms with Crippen LogP contribution in [0.4, 0.5) is 5.82 Å². The molecular weight excluding hydrogens is 266 g/mol. The Balaban J connectivity index is 2.07. The van der Waals surface area contributed by atoms with Crippen LogP contribution >= 0.6 is 0 Å². The summed E-state index contributed by atoms with van der Waals surface area (Å²) in [6.45, 7) is 5.34. The number of pyridine rings is 1. The van der Waals surface area contributed by atoms with Gasteiger partial charge in [-0.2, -0.15) is 0 Å². The number of hydrogen-bond acceptors (Lipinski definition) is 4. The summed E-state index contributed by atoms with van der Waals surface area (Å²) >= 11 is 0. The van der Waals surface area contributed by atoms with Gasteiger partial charge >= 0.3 is 0 Å². The average Bonchev–Trinajstić information content (AvgIpc) is 3.03. The molecule has 0 radical (unpaired) electrons. The van der Waals surface area contributed by atoms with Crippen molar-refractivity contribution in [3.63, 3.8) is 0 Å². The van der Waals surface area contributed by atoms with Gasteiger partial charge in [-0.15, -0.1) is 0 Å². The summed E-state index contributed by atoms with van der Waals surface area (Å²) < 4.78 is 5.20. The largest absolute Gasteiger partial charge is 0.467 e. The Bertz CT molecular complexity index is 579. The van der Waals surface area contributed by atoms with Gasteiger partial charge in [0.05, 0.1) is 12.8 Å². The van der Waals surface area contributed by atoms with Crippen molar-refractivity contribution >= 4 is 11.7 Å². The van der Waals surface area contributed by atoms with E-state index in [1.165, 1.54) is 0 Å². The molecule has 0 atom stereocenters. The first-order valence-corrected chi connectivity index (χ1v) is 7.28. The lowest BCUT2D eigenvalue weighted by Crippen LogP contribution is -2.23. The highest BCUT2D eigenvalue weighted by atomic mass is 16.3. The van der Waals surface area contributed by atoms with E-state index in [9.17, 15) is 4.79 Å². The molecule has 21 heavy (non-hydrogen) atoms. The zero-order valence-electron chi connectivity index (χ0n) is 12.5. The summed E-state index contributed by atoms with van der Waals surface area (Å²) in [6, 6.07) is 7.25. The molecule has 5 heteroatoms. The highest BCUT2D eigenvalue weighted by molar-refractivity contribution is 5.94. The third-order valence-corrected chi connectivity index (χ3v) is 3.06. The molecule has 0 fully saturated rings. The predicted octanol–water partition coefficient (Wildman–Crippen LogP) is 2.99. The van der Waals surface area contributed by atoms with Crippen LogP contribution in [0.15, 0.2) is 34.9 Å². The van der Waals surface area contributed by atoms with E-state index >= 15 is 0 Å². The number of aromatic nitrogens is 1. The molecule has 0 aromatic carbocycles. The second-order valence-corrected chi connectivity index (χ2v) is 4.77. The van der Waals surface area contributed by atoms with E-state index in [1.54, 1.807) is 18.4 Å². The molecule has 2 aromatic heterocycles. The summed E-state index contributed by atoms with van der Waals surface area (Å²) in [4.78, 5) is 16.7. The highest BCUT2D eigenvalue weighted by Gasteiger charge is 2.10. The number of carbonyl (C=O) groups excluding carboxylic acids is 1. The first kappa shape index (κ1) is 15.1. The van der Waals surface area contributed by atoms with Crippen molar-refractivity contribution in [1.82, 2.24) is 10.3 Å². The van der Waals surface area contributed by atoms with E-state index in [0.29, 0.717) is 12.1 Å². The number of aryl methyl sites for hydroxylation is 1. The Kier molecular flexibility index (Phi) is 5.37. The van der Waals surface area contributed by atoms with E-state index in [-0.39, 0.29) is 5.91 Å². The Morgan fingerprint density at radius 3 is 2.86 bits per heavy atom. The van der Waals surface area contributed by atoms with Gasteiger partial charge in [0.15, 0.2) is 0 Å². The molecule has 0 aliphatic heterocycles. The molecule has 5 nitrogen and oxygen atoms in total. The smallest absolute Gasteiger partial charge is 0.251 e. The lowest BCUT2D eigenvalue weighted by atomic mass is 10.1. The molecule has 0 aliphatic carbocycles. The van der Waals surface area contributed by atoms with E-state index in [4.69, 9.17) is 4.42 Å². The fourth-order valence-corrected chi connectivity index (χ4v) is 1.93. The van der Waals surface area contributed by atoms with E-state index in [2.05, 4.69) is 22.5 Å². The summed E-state index contributed by atoms with van der Waals surface area (Å²) in [5.74, 6) is 1.36. The second kappa shape index (κ2) is 7.47. The van der Waals surface area contributed by atoms with Crippen LogP contribution < -0.4 is 10.6 Å². The van der Waals surface area contributed by atoms with E-state index in [1.807, 2.05) is 19.1 Å². The third-order valence-electron chi connectivity index (χ3n) is 3.06. The van der Waals surface area contributed by atoms with Crippen LogP contribution in [0.5, 0.6) is 0 Å². The molecule has 1 amide bonds. The molecule has 0 saturated heterocycles. The van der Waals surface area contributed by atoms with Crippen molar-refractivity contribution in [1.29, 1.82) is 0 Å². The van der Waals surface area contributed by atoms with E-state index < -0.39 is 0 Å². The minimum Gasteiger partial charge on any atom is -0.467 e. The first-order valence-electron chi connectivity index (χ1n) is 7.28. The van der Waals surface area contributed by atoms with Gasteiger partial charge in [0, 0.05) is 17.8 Å². The minimum atomic E-state index is -0.122. The molecule has 0 aliphatic rings. The van der Waals surface area contributed by atoms with Crippen LogP contribution in [0.25, 0.3) is 0 Å². The van der Waals surface area contributed by atoms with Crippen molar-refractivity contribution in [2.45, 2.75) is 33.2 Å². The van der Waals surface area contributed by atoms with Gasteiger partial charge in [-0.05, 0) is 37.1 Å². The Hall–Kier alpha value is -2.30. The topological polar surface area (TPSA) is 67.2 Å². The summed E-state index contributed by atoms with van der Waals surface area (Å²) in [5, 5.41) is 6.07. The fraction of sp³-hybridized carbons (Fsp3) is 0.375. The normalized spacial score (nSPS) is 10.4. The monoisotopic (exact) mass is 287 g/mol. The number of furan rings is 1. The number of anilines is 1. The lowest BCUT2D eigenvalue weighted by molar-refractivity contribution is 0.0948. The lowest BCUT2D eigenvalue weighted by Gasteiger charge is -2.09. The number of hydrogen-bond donors (Lipinski definition) is 2. The molecule has 0 saturated carbocycles. The number of carbonyl (C=O) groups is 1. The SMILES string of the molecule is CCCNc1cc(C(=O)NCc2ccco2)cc(CC)n1. The maximum absolute atomic E-state index is 12.2. The molecule has 2 rings (SSSR count). The van der Waals surface area contributed by atoms with Gasteiger partial charge in [0.2, 0.25) is 0 Å². The number of rotatable bonds is 7. The van der Waals surface area contributed by atoms with Gasteiger partial charge in [0.1, 0.15) is 11.6 Å². The van der Waals surface area contributed by atoms with Gasteiger partial charge in [0.25, 0.3) is 5.91 Å². The average molecular weight is 287 g/mol. The Morgan fingerprint density at radius 1 is 1.33 bits per heavy atom. The van der Waals surface area contributed by atoms with Crippen molar-refractivity contribution in [2.24, 2.45) is 0 Å². The van der Waals surface area contributed by atoms with Crippen molar-refractivity contribution in [3.8, 4) is 0 Å². The van der Waals surface area contributed by atoms with Crippen molar-refractivity contribution in [2.75, 3.05) is 11.9 Å². The second-order valence-electron chi connectivity index (χ2n) is 4.77. The van der Waals surface area contributed by atoms with Crippen LogP contribution in [0.1, 0.15) is 42.1 Å². The molecule has 0 spiro atoms. The number of nitrogens with zero attached hydrogens (tertiary/aromatic N) is 1. The molecule has 2 N–H and O–H groups in total. The number of nitrogens with one attached hydrogen (secondary N) is 2. The van der Waals surface area contributed by atoms with Crippen molar-refractivity contribution in [3.05, 3.63) is 47.5 Å². The minimum absolute atomic E-state index is 0.122. The third kappa shape index (κ3) is 4.34. The van der Waals surface area contributed by atoms with Crippen LogP contribution in [0.3, 0.4) is 0 Å². The van der Waals surface area contributed by atoms with Crippen LogP contribution in [0, 0.1) is 0 Å². The van der Waals surface area contributed by atoms with Crippen LogP contribution in [-0.2, 0) is 13.0 Å². The quantitative estimate of drug-likeness (QED) is 0.821. The first-order chi connectivity index (χ1) is 10.2. The summed E-state index contributed by atoms with van der Waals surface area (Å²) in [6.07, 6.45) is 3.40. The van der Waals surface area contributed by atoms with Crippen molar-refractivity contribution < 1.29 is 9.21 Å². The van der Waals surface area contributed by atoms with Gasteiger partial charge < -0.3 is 15.1 Å². The van der Waals surface area contributed by atoms with Gasteiger partial charge in [-0.1, -0.05) is 13.8 Å². The Morgan fingerprint density at radius 2 is 2.19 bits per heavy atom. The van der Waals surface area contributed by atoms with Gasteiger partial charge in [-0.3, -0.25) is 4.79 Å². The molecular formula is C16H21N3O2. The van der Waals surface area contributed by atoms with Crippen LogP contribution in [0.2, 0.25) is 0 Å². The highest BCUT2D eigenvalue weighted by Crippen LogP contribution is 2.12.